The Bertz CT molecular complexity index is 674. The van der Waals surface area contributed by atoms with Gasteiger partial charge in [-0.25, -0.2) is 9.59 Å². The summed E-state index contributed by atoms with van der Waals surface area (Å²) in [6.45, 7) is 1.88. The number of hydrogen-bond donors (Lipinski definition) is 4. The first-order chi connectivity index (χ1) is 12.4. The van der Waals surface area contributed by atoms with Gasteiger partial charge in [-0.05, 0) is 23.8 Å². The minimum Gasteiger partial charge on any atom is -0.475 e. The molecule has 1 aliphatic rings. The first-order valence-corrected chi connectivity index (χ1v) is 7.30. The molecule has 0 fully saturated rings. The van der Waals surface area contributed by atoms with Crippen LogP contribution in [0.15, 0.2) is 30.0 Å². The fourth-order valence-corrected chi connectivity index (χ4v) is 2.11. The van der Waals surface area contributed by atoms with Crippen LogP contribution in [0.3, 0.4) is 0 Å². The highest BCUT2D eigenvalue weighted by atomic mass is 16.7. The number of aliphatic carboxylic acids is 1. The lowest BCUT2D eigenvalue weighted by atomic mass is 10.1. The van der Waals surface area contributed by atoms with Crippen LogP contribution in [0.5, 0.6) is 5.75 Å². The second kappa shape index (κ2) is 9.89. The molecule has 1 aromatic rings. The number of carbonyl (C=O) groups excluding carboxylic acids is 1. The van der Waals surface area contributed by atoms with Crippen molar-refractivity contribution in [1.29, 1.82) is 0 Å². The van der Waals surface area contributed by atoms with Crippen molar-refractivity contribution < 1.29 is 43.9 Å². The standard InChI is InChI=1S/C15H17NO8.CH2O/c1-16-10-4-8(7-22-15(20)21)2-3-11(10)23-13-6-9(17)5-12(24-13)14(18)19;1-2/h2-5,9,13,16-17H,6-7H2,1H3,(H,18,19)(H,20,21);1H2. The van der Waals surface area contributed by atoms with Gasteiger partial charge in [-0.1, -0.05) is 6.07 Å². The molecular formula is C16H19NO9. The van der Waals surface area contributed by atoms with E-state index in [9.17, 15) is 14.7 Å². The van der Waals surface area contributed by atoms with Gasteiger partial charge in [-0.2, -0.15) is 0 Å². The molecule has 0 radical (unpaired) electrons. The molecular weight excluding hydrogens is 350 g/mol. The van der Waals surface area contributed by atoms with Gasteiger partial charge in [-0.15, -0.1) is 0 Å². The summed E-state index contributed by atoms with van der Waals surface area (Å²) >= 11 is 0. The van der Waals surface area contributed by atoms with Crippen LogP contribution in [0.4, 0.5) is 10.5 Å². The van der Waals surface area contributed by atoms with E-state index in [1.54, 1.807) is 25.2 Å². The van der Waals surface area contributed by atoms with E-state index in [0.29, 0.717) is 17.0 Å². The van der Waals surface area contributed by atoms with Gasteiger partial charge in [0.1, 0.15) is 19.1 Å². The van der Waals surface area contributed by atoms with Crippen LogP contribution in [-0.2, 0) is 25.7 Å². The van der Waals surface area contributed by atoms with Crippen molar-refractivity contribution in [3.05, 3.63) is 35.6 Å². The van der Waals surface area contributed by atoms with E-state index in [4.69, 9.17) is 24.5 Å². The molecule has 0 aromatic heterocycles. The molecule has 1 aromatic carbocycles. The Morgan fingerprint density at radius 2 is 2.04 bits per heavy atom. The zero-order valence-electron chi connectivity index (χ0n) is 13.9. The first-order valence-electron chi connectivity index (χ1n) is 7.30. The first kappa shape index (κ1) is 20.8. The van der Waals surface area contributed by atoms with E-state index < -0.39 is 24.5 Å². The lowest BCUT2D eigenvalue weighted by Gasteiger charge is -2.27. The minimum atomic E-state index is -1.38. The Hall–Kier alpha value is -3.27. The van der Waals surface area contributed by atoms with Gasteiger partial charge in [0.25, 0.3) is 0 Å². The molecule has 10 nitrogen and oxygen atoms in total. The second-order valence-corrected chi connectivity index (χ2v) is 4.94. The van der Waals surface area contributed by atoms with Crippen molar-refractivity contribution in [2.75, 3.05) is 12.4 Å². The fraction of sp³-hybridized carbons (Fsp3) is 0.312. The molecule has 2 rings (SSSR count). The third kappa shape index (κ3) is 5.98. The van der Waals surface area contributed by atoms with Gasteiger partial charge in [0.2, 0.25) is 12.0 Å². The Labute approximate surface area is 148 Å². The average molecular weight is 369 g/mol. The monoisotopic (exact) mass is 369 g/mol. The van der Waals surface area contributed by atoms with Crippen LogP contribution < -0.4 is 10.1 Å². The summed E-state index contributed by atoms with van der Waals surface area (Å²) in [5.74, 6) is -1.31. The number of benzene rings is 1. The predicted octanol–water partition coefficient (Wildman–Crippen LogP) is 1.19. The van der Waals surface area contributed by atoms with E-state index in [-0.39, 0.29) is 18.8 Å². The lowest BCUT2D eigenvalue weighted by molar-refractivity contribution is -0.146. The number of ether oxygens (including phenoxy) is 3. The maximum atomic E-state index is 11.0. The SMILES string of the molecule is C=O.CNc1cc(COC(=O)O)ccc1OC1CC(O)C=C(C(=O)O)O1. The van der Waals surface area contributed by atoms with Gasteiger partial charge in [0.05, 0.1) is 18.2 Å². The van der Waals surface area contributed by atoms with E-state index in [1.165, 1.54) is 0 Å². The smallest absolute Gasteiger partial charge is 0.475 e. The molecule has 0 spiro atoms. The number of aliphatic hydroxyl groups excluding tert-OH is 1. The van der Waals surface area contributed by atoms with Crippen LogP contribution in [0.25, 0.3) is 0 Å². The number of nitrogens with one attached hydrogen (secondary N) is 1. The summed E-state index contributed by atoms with van der Waals surface area (Å²) in [6, 6.07) is 4.80. The zero-order chi connectivity index (χ0) is 19.7. The van der Waals surface area contributed by atoms with E-state index >= 15 is 0 Å². The van der Waals surface area contributed by atoms with Crippen molar-refractivity contribution in [3.63, 3.8) is 0 Å². The normalized spacial score (nSPS) is 18.3. The van der Waals surface area contributed by atoms with Crippen LogP contribution in [0.1, 0.15) is 12.0 Å². The van der Waals surface area contributed by atoms with Crippen LogP contribution >= 0.6 is 0 Å². The Kier molecular flexibility index (Phi) is 7.90. The molecule has 0 saturated heterocycles. The molecule has 2 unspecified atom stereocenters. The summed E-state index contributed by atoms with van der Waals surface area (Å²) in [5.41, 5.74) is 1.14. The fourth-order valence-electron chi connectivity index (χ4n) is 2.11. The molecule has 2 atom stereocenters. The maximum absolute atomic E-state index is 11.0. The van der Waals surface area contributed by atoms with Crippen molar-refractivity contribution >= 4 is 24.6 Å². The van der Waals surface area contributed by atoms with Gasteiger partial charge in [0.15, 0.2) is 0 Å². The second-order valence-electron chi connectivity index (χ2n) is 4.94. The number of aliphatic hydroxyl groups is 1. The number of anilines is 1. The highest BCUT2D eigenvalue weighted by Gasteiger charge is 2.27. The molecule has 10 heteroatoms. The van der Waals surface area contributed by atoms with E-state index in [0.717, 1.165) is 6.08 Å². The van der Waals surface area contributed by atoms with Crippen LogP contribution in [0, 0.1) is 0 Å². The van der Waals surface area contributed by atoms with Gasteiger partial charge >= 0.3 is 12.1 Å². The summed E-state index contributed by atoms with van der Waals surface area (Å²) in [4.78, 5) is 29.4. The molecule has 0 amide bonds. The summed E-state index contributed by atoms with van der Waals surface area (Å²) in [5, 5.41) is 30.0. The molecule has 4 N–H and O–H groups in total. The zero-order valence-corrected chi connectivity index (χ0v) is 13.9. The van der Waals surface area contributed by atoms with E-state index in [1.807, 2.05) is 6.79 Å². The minimum absolute atomic E-state index is 0.0732. The average Bonchev–Trinajstić information content (AvgIpc) is 2.62. The third-order valence-electron chi connectivity index (χ3n) is 3.18. The predicted molar refractivity (Wildman–Crippen MR) is 87.8 cm³/mol. The maximum Gasteiger partial charge on any atom is 0.506 e. The molecule has 26 heavy (non-hydrogen) atoms. The van der Waals surface area contributed by atoms with Gasteiger partial charge in [0, 0.05) is 7.05 Å². The number of hydrogen-bond acceptors (Lipinski definition) is 8. The van der Waals surface area contributed by atoms with Crippen LogP contribution in [-0.4, -0.2) is 53.7 Å². The van der Waals surface area contributed by atoms with Crippen molar-refractivity contribution in [1.82, 2.24) is 0 Å². The quantitative estimate of drug-likeness (QED) is 0.538. The van der Waals surface area contributed by atoms with Gasteiger partial charge < -0.3 is 39.6 Å². The molecule has 0 bridgehead atoms. The van der Waals surface area contributed by atoms with Crippen molar-refractivity contribution in [3.8, 4) is 5.75 Å². The summed E-state index contributed by atoms with van der Waals surface area (Å²) < 4.78 is 15.3. The molecule has 0 aliphatic carbocycles. The Morgan fingerprint density at radius 1 is 1.35 bits per heavy atom. The highest BCUT2D eigenvalue weighted by molar-refractivity contribution is 5.84. The summed E-state index contributed by atoms with van der Waals surface area (Å²) in [6.07, 6.45) is -2.16. The summed E-state index contributed by atoms with van der Waals surface area (Å²) in [7, 11) is 1.64. The van der Waals surface area contributed by atoms with Gasteiger partial charge in [-0.3, -0.25) is 0 Å². The highest BCUT2D eigenvalue weighted by Crippen LogP contribution is 2.29. The molecule has 1 aliphatic heterocycles. The lowest BCUT2D eigenvalue weighted by Crippen LogP contribution is -2.32. The number of carboxylic acid groups (broad SMARTS) is 2. The number of carboxylic acids is 1. The molecule has 1 heterocycles. The van der Waals surface area contributed by atoms with Crippen molar-refractivity contribution in [2.45, 2.75) is 25.4 Å². The van der Waals surface area contributed by atoms with E-state index in [2.05, 4.69) is 10.1 Å². The molecule has 0 saturated carbocycles. The Balaban J connectivity index is 0.00000163. The number of rotatable bonds is 6. The van der Waals surface area contributed by atoms with Crippen LogP contribution in [0.2, 0.25) is 0 Å². The Morgan fingerprint density at radius 3 is 2.62 bits per heavy atom. The third-order valence-corrected chi connectivity index (χ3v) is 3.18. The van der Waals surface area contributed by atoms with Crippen molar-refractivity contribution in [2.24, 2.45) is 0 Å². The largest absolute Gasteiger partial charge is 0.506 e. The topological polar surface area (TPSA) is 152 Å². The molecule has 142 valence electrons. The number of carbonyl (C=O) groups is 3.